The van der Waals surface area contributed by atoms with Gasteiger partial charge in [0.25, 0.3) is 5.91 Å². The van der Waals surface area contributed by atoms with Crippen molar-refractivity contribution < 1.29 is 14.3 Å². The number of amides is 1. The molecule has 0 bridgehead atoms. The third-order valence-electron chi connectivity index (χ3n) is 6.07. The smallest absolute Gasteiger partial charge is 0.271 e. The van der Waals surface area contributed by atoms with Crippen LogP contribution in [0.2, 0.25) is 10.0 Å². The van der Waals surface area contributed by atoms with Gasteiger partial charge in [0.1, 0.15) is 24.7 Å². The molecule has 0 spiro atoms. The fourth-order valence-electron chi connectivity index (χ4n) is 3.98. The topological polar surface area (TPSA) is 59.9 Å². The maximum absolute atomic E-state index is 12.7. The molecule has 39 heavy (non-hydrogen) atoms. The van der Waals surface area contributed by atoms with Crippen molar-refractivity contribution in [1.82, 2.24) is 5.43 Å². The Morgan fingerprint density at radius 3 is 2.31 bits per heavy atom. The molecule has 0 aliphatic rings. The molecule has 0 heterocycles. The standard InChI is InChI=1S/C32H24Cl2N2O3/c33-26-14-9-22(10-15-26)20-38-27-16-11-24(12-17-27)32(37)36-35-19-29-28-7-3-1-5-23(28)13-18-31(29)39-21-25-6-2-4-8-30(25)34/h1-19H,20-21H2,(H,36,37). The van der Waals surface area contributed by atoms with Gasteiger partial charge >= 0.3 is 0 Å². The Balaban J connectivity index is 1.26. The van der Waals surface area contributed by atoms with Gasteiger partial charge in [-0.1, -0.05) is 83.9 Å². The third kappa shape index (κ3) is 6.77. The van der Waals surface area contributed by atoms with Crippen molar-refractivity contribution >= 4 is 46.1 Å². The first kappa shape index (κ1) is 26.3. The zero-order valence-corrected chi connectivity index (χ0v) is 22.3. The SMILES string of the molecule is O=C(NN=Cc1c(OCc2ccccc2Cl)ccc2ccccc12)c1ccc(OCc2ccc(Cl)cc2)cc1. The van der Waals surface area contributed by atoms with Gasteiger partial charge in [-0.25, -0.2) is 5.43 Å². The van der Waals surface area contributed by atoms with Crippen molar-refractivity contribution in [3.63, 3.8) is 0 Å². The van der Waals surface area contributed by atoms with Crippen LogP contribution in [0.1, 0.15) is 27.0 Å². The van der Waals surface area contributed by atoms with Crippen LogP contribution in [-0.2, 0) is 13.2 Å². The molecule has 194 valence electrons. The molecule has 5 nitrogen and oxygen atoms in total. The van der Waals surface area contributed by atoms with Gasteiger partial charge in [0, 0.05) is 26.7 Å². The van der Waals surface area contributed by atoms with Crippen molar-refractivity contribution in [3.05, 3.63) is 141 Å². The summed E-state index contributed by atoms with van der Waals surface area (Å²) in [6.45, 7) is 0.705. The van der Waals surface area contributed by atoms with E-state index >= 15 is 0 Å². The molecule has 5 aromatic carbocycles. The van der Waals surface area contributed by atoms with Crippen LogP contribution < -0.4 is 14.9 Å². The summed E-state index contributed by atoms with van der Waals surface area (Å²) in [6.07, 6.45) is 1.60. The lowest BCUT2D eigenvalue weighted by atomic mass is 10.0. The van der Waals surface area contributed by atoms with Gasteiger partial charge in [0.15, 0.2) is 0 Å². The van der Waals surface area contributed by atoms with E-state index in [4.69, 9.17) is 32.7 Å². The molecule has 0 saturated heterocycles. The van der Waals surface area contributed by atoms with E-state index in [1.54, 1.807) is 30.5 Å². The molecule has 5 rings (SSSR count). The Labute approximate surface area is 236 Å². The number of hydrogen-bond acceptors (Lipinski definition) is 4. The molecule has 7 heteroatoms. The van der Waals surface area contributed by atoms with E-state index in [2.05, 4.69) is 10.5 Å². The number of nitrogens with zero attached hydrogens (tertiary/aromatic N) is 1. The Morgan fingerprint density at radius 2 is 1.51 bits per heavy atom. The minimum atomic E-state index is -0.339. The first-order chi connectivity index (χ1) is 19.1. The maximum atomic E-state index is 12.7. The van der Waals surface area contributed by atoms with Crippen LogP contribution in [0, 0.1) is 0 Å². The summed E-state index contributed by atoms with van der Waals surface area (Å²) in [5.74, 6) is 0.948. The Bertz CT molecular complexity index is 1620. The van der Waals surface area contributed by atoms with Crippen molar-refractivity contribution in [3.8, 4) is 11.5 Å². The summed E-state index contributed by atoms with van der Waals surface area (Å²) in [6, 6.07) is 33.7. The lowest BCUT2D eigenvalue weighted by molar-refractivity contribution is 0.0955. The number of halogens is 2. The monoisotopic (exact) mass is 554 g/mol. The fourth-order valence-corrected chi connectivity index (χ4v) is 4.29. The first-order valence-corrected chi connectivity index (χ1v) is 13.0. The number of hydrogen-bond donors (Lipinski definition) is 1. The second kappa shape index (κ2) is 12.5. The second-order valence-electron chi connectivity index (χ2n) is 8.72. The van der Waals surface area contributed by atoms with E-state index < -0.39 is 0 Å². The average molecular weight is 555 g/mol. The molecule has 0 aliphatic heterocycles. The van der Waals surface area contributed by atoms with E-state index in [-0.39, 0.29) is 5.91 Å². The zero-order valence-electron chi connectivity index (χ0n) is 20.8. The summed E-state index contributed by atoms with van der Waals surface area (Å²) < 4.78 is 11.9. The lowest BCUT2D eigenvalue weighted by Gasteiger charge is -2.12. The average Bonchev–Trinajstić information content (AvgIpc) is 2.97. The van der Waals surface area contributed by atoms with Crippen LogP contribution in [0.5, 0.6) is 11.5 Å². The van der Waals surface area contributed by atoms with Crippen LogP contribution in [0.25, 0.3) is 10.8 Å². The normalized spacial score (nSPS) is 11.0. The van der Waals surface area contributed by atoms with Gasteiger partial charge in [0.05, 0.1) is 6.21 Å². The number of hydrazone groups is 1. The van der Waals surface area contributed by atoms with Crippen molar-refractivity contribution in [2.45, 2.75) is 13.2 Å². The van der Waals surface area contributed by atoms with E-state index in [0.717, 1.165) is 27.5 Å². The van der Waals surface area contributed by atoms with Crippen molar-refractivity contribution in [2.24, 2.45) is 5.10 Å². The maximum Gasteiger partial charge on any atom is 0.271 e. The number of ether oxygens (including phenoxy) is 2. The highest BCUT2D eigenvalue weighted by Crippen LogP contribution is 2.28. The molecule has 0 fully saturated rings. The van der Waals surface area contributed by atoms with Gasteiger partial charge in [-0.05, 0) is 64.9 Å². The number of carbonyl (C=O) groups is 1. The molecular formula is C32H24Cl2N2O3. The van der Waals surface area contributed by atoms with Gasteiger partial charge < -0.3 is 9.47 Å². The number of carbonyl (C=O) groups excluding carboxylic acids is 1. The highest BCUT2D eigenvalue weighted by molar-refractivity contribution is 6.31. The van der Waals surface area contributed by atoms with Gasteiger partial charge in [0.2, 0.25) is 0 Å². The number of benzene rings is 5. The van der Waals surface area contributed by atoms with Gasteiger partial charge in [-0.2, -0.15) is 5.10 Å². The van der Waals surface area contributed by atoms with Crippen LogP contribution in [-0.4, -0.2) is 12.1 Å². The summed E-state index contributed by atoms with van der Waals surface area (Å²) in [7, 11) is 0. The fraction of sp³-hybridized carbons (Fsp3) is 0.0625. The minimum Gasteiger partial charge on any atom is -0.489 e. The zero-order chi connectivity index (χ0) is 27.0. The molecule has 5 aromatic rings. The lowest BCUT2D eigenvalue weighted by Crippen LogP contribution is -2.17. The van der Waals surface area contributed by atoms with E-state index in [1.165, 1.54) is 0 Å². The first-order valence-electron chi connectivity index (χ1n) is 12.3. The molecule has 0 unspecified atom stereocenters. The summed E-state index contributed by atoms with van der Waals surface area (Å²) >= 11 is 12.2. The largest absolute Gasteiger partial charge is 0.489 e. The summed E-state index contributed by atoms with van der Waals surface area (Å²) in [5.41, 5.74) is 5.70. The number of rotatable bonds is 9. The predicted molar refractivity (Wildman–Crippen MR) is 157 cm³/mol. The van der Waals surface area contributed by atoms with Gasteiger partial charge in [-0.3, -0.25) is 4.79 Å². The minimum absolute atomic E-state index is 0.303. The van der Waals surface area contributed by atoms with Crippen molar-refractivity contribution in [1.29, 1.82) is 0 Å². The van der Waals surface area contributed by atoms with Crippen LogP contribution in [0.3, 0.4) is 0 Å². The third-order valence-corrected chi connectivity index (χ3v) is 6.69. The quantitative estimate of drug-likeness (QED) is 0.148. The Kier molecular flexibility index (Phi) is 8.42. The molecule has 0 saturated carbocycles. The molecule has 1 N–H and O–H groups in total. The molecular weight excluding hydrogens is 531 g/mol. The van der Waals surface area contributed by atoms with E-state index in [0.29, 0.717) is 40.3 Å². The van der Waals surface area contributed by atoms with Crippen molar-refractivity contribution in [2.75, 3.05) is 0 Å². The summed E-state index contributed by atoms with van der Waals surface area (Å²) in [5, 5.41) is 7.54. The van der Waals surface area contributed by atoms with E-state index in [9.17, 15) is 4.79 Å². The Morgan fingerprint density at radius 1 is 0.769 bits per heavy atom. The van der Waals surface area contributed by atoms with Crippen LogP contribution >= 0.6 is 23.2 Å². The predicted octanol–water partition coefficient (Wildman–Crippen LogP) is 8.07. The van der Waals surface area contributed by atoms with Gasteiger partial charge in [-0.15, -0.1) is 0 Å². The number of nitrogens with one attached hydrogen (secondary N) is 1. The molecule has 0 radical (unpaired) electrons. The molecule has 1 amide bonds. The highest BCUT2D eigenvalue weighted by Gasteiger charge is 2.10. The van der Waals surface area contributed by atoms with E-state index in [1.807, 2.05) is 84.9 Å². The molecule has 0 aliphatic carbocycles. The highest BCUT2D eigenvalue weighted by atomic mass is 35.5. The number of fused-ring (bicyclic) bond motifs is 1. The molecule has 0 aromatic heterocycles. The Hall–Kier alpha value is -4.32. The molecule has 0 atom stereocenters. The second-order valence-corrected chi connectivity index (χ2v) is 9.56. The van der Waals surface area contributed by atoms with Crippen LogP contribution in [0.15, 0.2) is 114 Å². The summed E-state index contributed by atoms with van der Waals surface area (Å²) in [4.78, 5) is 12.7. The van der Waals surface area contributed by atoms with Crippen LogP contribution in [0.4, 0.5) is 0 Å².